The molecular weight excluding hydrogens is 154 g/mol. The molecule has 0 aromatic carbocycles. The zero-order chi connectivity index (χ0) is 8.97. The van der Waals surface area contributed by atoms with E-state index in [-0.39, 0.29) is 5.57 Å². The Kier molecular flexibility index (Phi) is 2.87. The molecule has 3 heteroatoms. The lowest BCUT2D eigenvalue weighted by molar-refractivity contribution is -0.298. The van der Waals surface area contributed by atoms with Gasteiger partial charge in [-0.3, -0.25) is 0 Å². The van der Waals surface area contributed by atoms with Crippen molar-refractivity contribution in [3.8, 4) is 6.07 Å². The van der Waals surface area contributed by atoms with Gasteiger partial charge in [-0.05, 0) is 25.7 Å². The molecule has 0 aliphatic heterocycles. The van der Waals surface area contributed by atoms with Gasteiger partial charge in [0.1, 0.15) is 6.07 Å². The molecule has 0 spiro atoms. The van der Waals surface area contributed by atoms with Gasteiger partial charge in [0.05, 0.1) is 11.5 Å². The molecule has 0 N–H and O–H groups in total. The first-order valence-corrected chi connectivity index (χ1v) is 4.09. The number of nitriles is 1. The number of nitrogens with zero attached hydrogens (tertiary/aromatic N) is 1. The molecule has 1 saturated carbocycles. The van der Waals surface area contributed by atoms with Gasteiger partial charge in [0.15, 0.2) is 0 Å². The third-order valence-electron chi connectivity index (χ3n) is 2.13. The van der Waals surface area contributed by atoms with Crippen LogP contribution < -0.4 is 5.11 Å². The van der Waals surface area contributed by atoms with Gasteiger partial charge in [-0.15, -0.1) is 0 Å². The van der Waals surface area contributed by atoms with E-state index < -0.39 is 5.97 Å². The Bertz CT molecular complexity index is 252. The monoisotopic (exact) mass is 164 g/mol. The number of allylic oxidation sites excluding steroid dienone is 1. The Labute approximate surface area is 71.3 Å². The maximum Gasteiger partial charge on any atom is 0.101 e. The van der Waals surface area contributed by atoms with Gasteiger partial charge in [-0.25, -0.2) is 0 Å². The molecule has 0 unspecified atom stereocenters. The molecule has 0 aromatic heterocycles. The Hall–Kier alpha value is -1.30. The minimum absolute atomic E-state index is 0.144. The van der Waals surface area contributed by atoms with Crippen LogP contribution in [-0.2, 0) is 4.79 Å². The summed E-state index contributed by atoms with van der Waals surface area (Å²) in [7, 11) is 0. The number of rotatable bonds is 1. The van der Waals surface area contributed by atoms with E-state index in [1.807, 2.05) is 0 Å². The molecule has 0 atom stereocenters. The molecule has 0 bridgehead atoms. The number of hydrogen-bond acceptors (Lipinski definition) is 3. The second-order valence-electron chi connectivity index (χ2n) is 2.94. The van der Waals surface area contributed by atoms with Gasteiger partial charge in [0.2, 0.25) is 0 Å². The van der Waals surface area contributed by atoms with Crippen LogP contribution in [0.5, 0.6) is 0 Å². The van der Waals surface area contributed by atoms with E-state index in [1.165, 1.54) is 0 Å². The van der Waals surface area contributed by atoms with Gasteiger partial charge < -0.3 is 9.90 Å². The van der Waals surface area contributed by atoms with E-state index in [0.29, 0.717) is 0 Å². The lowest BCUT2D eigenvalue weighted by Gasteiger charge is -2.15. The van der Waals surface area contributed by atoms with Crippen molar-refractivity contribution in [1.29, 1.82) is 5.26 Å². The van der Waals surface area contributed by atoms with Crippen molar-refractivity contribution >= 4 is 5.97 Å². The summed E-state index contributed by atoms with van der Waals surface area (Å²) in [6, 6.07) is 1.69. The number of aliphatic carboxylic acids is 1. The number of carbonyl (C=O) groups excluding carboxylic acids is 1. The molecule has 64 valence electrons. The van der Waals surface area contributed by atoms with E-state index in [1.54, 1.807) is 6.07 Å². The number of hydrogen-bond donors (Lipinski definition) is 0. The van der Waals surface area contributed by atoms with Crippen LogP contribution in [0.4, 0.5) is 0 Å². The zero-order valence-corrected chi connectivity index (χ0v) is 6.80. The predicted octanol–water partition coefficient (Wildman–Crippen LogP) is 0.521. The van der Waals surface area contributed by atoms with E-state index >= 15 is 0 Å². The summed E-state index contributed by atoms with van der Waals surface area (Å²) >= 11 is 0. The van der Waals surface area contributed by atoms with E-state index in [2.05, 4.69) is 0 Å². The smallest absolute Gasteiger partial charge is 0.101 e. The Balaban J connectivity index is 2.84. The van der Waals surface area contributed by atoms with Gasteiger partial charge >= 0.3 is 0 Å². The third-order valence-corrected chi connectivity index (χ3v) is 2.13. The SMILES string of the molecule is N#CC(C(=O)[O-])=C1CCCCC1. The molecular formula is C9H10NO2-. The van der Waals surface area contributed by atoms with Crippen molar-refractivity contribution in [2.24, 2.45) is 0 Å². The van der Waals surface area contributed by atoms with Crippen molar-refractivity contribution in [2.75, 3.05) is 0 Å². The molecule has 12 heavy (non-hydrogen) atoms. The summed E-state index contributed by atoms with van der Waals surface area (Å²) in [5, 5.41) is 19.0. The second-order valence-corrected chi connectivity index (χ2v) is 2.94. The highest BCUT2D eigenvalue weighted by Crippen LogP contribution is 2.25. The van der Waals surface area contributed by atoms with E-state index in [9.17, 15) is 9.90 Å². The minimum atomic E-state index is -1.32. The van der Waals surface area contributed by atoms with Crippen molar-refractivity contribution in [1.82, 2.24) is 0 Å². The maximum atomic E-state index is 10.4. The fraction of sp³-hybridized carbons (Fsp3) is 0.556. The number of carboxylic acid groups (broad SMARTS) is 1. The normalized spacial score (nSPS) is 16.8. The lowest BCUT2D eigenvalue weighted by Crippen LogP contribution is -2.25. The fourth-order valence-corrected chi connectivity index (χ4v) is 1.50. The average Bonchev–Trinajstić information content (AvgIpc) is 2.07. The van der Waals surface area contributed by atoms with Crippen molar-refractivity contribution in [3.05, 3.63) is 11.1 Å². The summed E-state index contributed by atoms with van der Waals surface area (Å²) in [6.45, 7) is 0. The Morgan fingerprint density at radius 3 is 2.33 bits per heavy atom. The quantitative estimate of drug-likeness (QED) is 0.419. The minimum Gasteiger partial charge on any atom is -0.544 e. The lowest BCUT2D eigenvalue weighted by atomic mass is 9.91. The molecule has 1 aliphatic rings. The van der Waals surface area contributed by atoms with Crippen LogP contribution in [0, 0.1) is 11.3 Å². The van der Waals surface area contributed by atoms with Crippen LogP contribution in [0.1, 0.15) is 32.1 Å². The van der Waals surface area contributed by atoms with Crippen LogP contribution >= 0.6 is 0 Å². The van der Waals surface area contributed by atoms with Gasteiger partial charge in [0, 0.05) is 0 Å². The van der Waals surface area contributed by atoms with Crippen LogP contribution in [-0.4, -0.2) is 5.97 Å². The van der Waals surface area contributed by atoms with Crippen LogP contribution in [0.25, 0.3) is 0 Å². The summed E-state index contributed by atoms with van der Waals surface area (Å²) in [6.07, 6.45) is 4.62. The Morgan fingerprint density at radius 1 is 1.33 bits per heavy atom. The molecule has 3 nitrogen and oxygen atoms in total. The van der Waals surface area contributed by atoms with Crippen molar-refractivity contribution < 1.29 is 9.90 Å². The van der Waals surface area contributed by atoms with E-state index in [0.717, 1.165) is 37.7 Å². The highest BCUT2D eigenvalue weighted by Gasteiger charge is 2.11. The zero-order valence-electron chi connectivity index (χ0n) is 6.80. The topological polar surface area (TPSA) is 63.9 Å². The predicted molar refractivity (Wildman–Crippen MR) is 40.7 cm³/mol. The molecule has 0 radical (unpaired) electrons. The molecule has 1 rings (SSSR count). The van der Waals surface area contributed by atoms with Crippen LogP contribution in [0.3, 0.4) is 0 Å². The highest BCUT2D eigenvalue weighted by molar-refractivity contribution is 5.90. The molecule has 1 aliphatic carbocycles. The van der Waals surface area contributed by atoms with Crippen LogP contribution in [0.15, 0.2) is 11.1 Å². The summed E-state index contributed by atoms with van der Waals surface area (Å²) < 4.78 is 0. The van der Waals surface area contributed by atoms with Crippen molar-refractivity contribution in [3.63, 3.8) is 0 Å². The Morgan fingerprint density at radius 2 is 1.92 bits per heavy atom. The molecule has 0 amide bonds. The van der Waals surface area contributed by atoms with Gasteiger partial charge in [-0.1, -0.05) is 12.0 Å². The highest BCUT2D eigenvalue weighted by atomic mass is 16.4. The second kappa shape index (κ2) is 3.91. The first-order chi connectivity index (χ1) is 5.75. The summed E-state index contributed by atoms with van der Waals surface area (Å²) in [4.78, 5) is 10.4. The van der Waals surface area contributed by atoms with Crippen molar-refractivity contribution in [2.45, 2.75) is 32.1 Å². The summed E-state index contributed by atoms with van der Waals surface area (Å²) in [5.41, 5.74) is 0.624. The van der Waals surface area contributed by atoms with Crippen LogP contribution in [0.2, 0.25) is 0 Å². The largest absolute Gasteiger partial charge is 0.544 e. The molecule has 0 saturated heterocycles. The standard InChI is InChI=1S/C9H11NO2/c10-6-8(9(11)12)7-4-2-1-3-5-7/h1-5H2,(H,11,12)/p-1. The average molecular weight is 164 g/mol. The molecule has 1 fully saturated rings. The number of carboxylic acids is 1. The maximum absolute atomic E-state index is 10.4. The summed E-state index contributed by atoms with van der Waals surface area (Å²) in [5.74, 6) is -1.32. The van der Waals surface area contributed by atoms with Gasteiger partial charge in [0.25, 0.3) is 0 Å². The van der Waals surface area contributed by atoms with E-state index in [4.69, 9.17) is 5.26 Å². The van der Waals surface area contributed by atoms with Gasteiger partial charge in [-0.2, -0.15) is 5.26 Å². The molecule has 0 heterocycles. The first kappa shape index (κ1) is 8.79. The number of carbonyl (C=O) groups is 1. The fourth-order valence-electron chi connectivity index (χ4n) is 1.50. The third kappa shape index (κ3) is 1.85. The molecule has 0 aromatic rings. The first-order valence-electron chi connectivity index (χ1n) is 4.09.